The predicted octanol–water partition coefficient (Wildman–Crippen LogP) is 2.29. The van der Waals surface area contributed by atoms with Crippen LogP contribution in [0.2, 0.25) is 0 Å². The van der Waals surface area contributed by atoms with Crippen LogP contribution in [0.4, 0.5) is 5.69 Å². The number of anilines is 1. The van der Waals surface area contributed by atoms with Crippen LogP contribution in [0.1, 0.15) is 20.3 Å². The normalized spacial score (nSPS) is 10.6. The average Bonchev–Trinajstić information content (AvgIpc) is 2.34. The molecule has 3 heteroatoms. The van der Waals surface area contributed by atoms with E-state index in [0.717, 1.165) is 18.7 Å². The molecule has 3 nitrogen and oxygen atoms in total. The fourth-order valence-electron chi connectivity index (χ4n) is 1.50. The number of nitrogens with one attached hydrogen (secondary N) is 1. The number of benzene rings is 1. The standard InChI is InChI=1S/C14H22N2O/c1-12(2)9-10-15-11-14(17)16(3)13-7-5-4-6-8-13/h4-8,12,15H,9-11H2,1-3H3. The Morgan fingerprint density at radius 3 is 2.53 bits per heavy atom. The fraction of sp³-hybridized carbons (Fsp3) is 0.500. The van der Waals surface area contributed by atoms with Crippen molar-refractivity contribution < 1.29 is 4.79 Å². The molecule has 0 saturated carbocycles. The van der Waals surface area contributed by atoms with Gasteiger partial charge in [-0.25, -0.2) is 0 Å². The van der Waals surface area contributed by atoms with Crippen molar-refractivity contribution >= 4 is 11.6 Å². The van der Waals surface area contributed by atoms with Crippen molar-refractivity contribution in [3.05, 3.63) is 30.3 Å². The lowest BCUT2D eigenvalue weighted by Crippen LogP contribution is -2.36. The Bertz CT molecular complexity index is 335. The van der Waals surface area contributed by atoms with Crippen molar-refractivity contribution in [2.24, 2.45) is 5.92 Å². The number of likely N-dealkylation sites (N-methyl/N-ethyl adjacent to an activating group) is 1. The number of hydrogen-bond acceptors (Lipinski definition) is 2. The molecule has 0 heterocycles. The van der Waals surface area contributed by atoms with Crippen LogP contribution in [0.3, 0.4) is 0 Å². The van der Waals surface area contributed by atoms with E-state index >= 15 is 0 Å². The van der Waals surface area contributed by atoms with Crippen molar-refractivity contribution in [1.82, 2.24) is 5.32 Å². The van der Waals surface area contributed by atoms with Crippen molar-refractivity contribution in [1.29, 1.82) is 0 Å². The lowest BCUT2D eigenvalue weighted by Gasteiger charge is -2.17. The molecule has 0 saturated heterocycles. The maximum absolute atomic E-state index is 11.9. The highest BCUT2D eigenvalue weighted by atomic mass is 16.2. The summed E-state index contributed by atoms with van der Waals surface area (Å²) in [5.41, 5.74) is 0.933. The Kier molecular flexibility index (Phi) is 5.70. The third-order valence-electron chi connectivity index (χ3n) is 2.69. The van der Waals surface area contributed by atoms with Gasteiger partial charge in [0.25, 0.3) is 0 Å². The molecular formula is C14H22N2O. The van der Waals surface area contributed by atoms with Gasteiger partial charge in [-0.3, -0.25) is 4.79 Å². The Morgan fingerprint density at radius 1 is 1.29 bits per heavy atom. The number of carbonyl (C=O) groups is 1. The first kappa shape index (κ1) is 13.7. The smallest absolute Gasteiger partial charge is 0.240 e. The molecule has 0 atom stereocenters. The van der Waals surface area contributed by atoms with Gasteiger partial charge in [0.05, 0.1) is 6.54 Å². The van der Waals surface area contributed by atoms with Gasteiger partial charge >= 0.3 is 0 Å². The van der Waals surface area contributed by atoms with Gasteiger partial charge in [-0.15, -0.1) is 0 Å². The van der Waals surface area contributed by atoms with Crippen LogP contribution in [-0.4, -0.2) is 26.0 Å². The van der Waals surface area contributed by atoms with Crippen LogP contribution in [0, 0.1) is 5.92 Å². The number of rotatable bonds is 6. The van der Waals surface area contributed by atoms with Crippen LogP contribution in [0.15, 0.2) is 30.3 Å². The number of hydrogen-bond donors (Lipinski definition) is 1. The zero-order valence-electron chi connectivity index (χ0n) is 10.9. The molecule has 1 aromatic carbocycles. The minimum Gasteiger partial charge on any atom is -0.314 e. The van der Waals surface area contributed by atoms with Crippen LogP contribution < -0.4 is 10.2 Å². The summed E-state index contributed by atoms with van der Waals surface area (Å²) in [6.07, 6.45) is 1.10. The van der Waals surface area contributed by atoms with Gasteiger partial charge in [0.2, 0.25) is 5.91 Å². The van der Waals surface area contributed by atoms with Crippen molar-refractivity contribution in [2.45, 2.75) is 20.3 Å². The predicted molar refractivity (Wildman–Crippen MR) is 72.2 cm³/mol. The summed E-state index contributed by atoms with van der Waals surface area (Å²) >= 11 is 0. The third kappa shape index (κ3) is 5.00. The van der Waals surface area contributed by atoms with Gasteiger partial charge in [-0.1, -0.05) is 32.0 Å². The van der Waals surface area contributed by atoms with Crippen molar-refractivity contribution in [3.8, 4) is 0 Å². The first-order valence-electron chi connectivity index (χ1n) is 6.13. The molecule has 17 heavy (non-hydrogen) atoms. The largest absolute Gasteiger partial charge is 0.314 e. The Labute approximate surface area is 104 Å². The van der Waals surface area contributed by atoms with Crippen molar-refractivity contribution in [2.75, 3.05) is 25.0 Å². The zero-order chi connectivity index (χ0) is 12.7. The van der Waals surface area contributed by atoms with E-state index in [1.54, 1.807) is 4.90 Å². The summed E-state index contributed by atoms with van der Waals surface area (Å²) in [6, 6.07) is 9.69. The average molecular weight is 234 g/mol. The Morgan fingerprint density at radius 2 is 1.94 bits per heavy atom. The second kappa shape index (κ2) is 7.07. The summed E-state index contributed by atoms with van der Waals surface area (Å²) in [5, 5.41) is 3.18. The van der Waals surface area contributed by atoms with E-state index in [2.05, 4.69) is 19.2 Å². The first-order chi connectivity index (χ1) is 8.11. The van der Waals surface area contributed by atoms with E-state index in [4.69, 9.17) is 0 Å². The van der Waals surface area contributed by atoms with Gasteiger partial charge in [0.15, 0.2) is 0 Å². The molecule has 1 amide bonds. The van der Waals surface area contributed by atoms with Crippen molar-refractivity contribution in [3.63, 3.8) is 0 Å². The maximum atomic E-state index is 11.9. The van der Waals surface area contributed by atoms with Crippen LogP contribution in [0.5, 0.6) is 0 Å². The van der Waals surface area contributed by atoms with Gasteiger partial charge in [-0.2, -0.15) is 0 Å². The molecule has 0 aliphatic carbocycles. The van der Waals surface area contributed by atoms with E-state index in [1.807, 2.05) is 37.4 Å². The molecule has 0 unspecified atom stereocenters. The molecule has 1 aromatic rings. The van der Waals surface area contributed by atoms with E-state index in [0.29, 0.717) is 12.5 Å². The Balaban J connectivity index is 2.33. The van der Waals surface area contributed by atoms with E-state index in [1.165, 1.54) is 0 Å². The zero-order valence-corrected chi connectivity index (χ0v) is 10.9. The number of nitrogens with zero attached hydrogens (tertiary/aromatic N) is 1. The van der Waals surface area contributed by atoms with E-state index in [9.17, 15) is 4.79 Å². The minimum absolute atomic E-state index is 0.0972. The second-order valence-corrected chi connectivity index (χ2v) is 4.65. The van der Waals surface area contributed by atoms with Gasteiger partial charge in [-0.05, 0) is 31.0 Å². The fourth-order valence-corrected chi connectivity index (χ4v) is 1.50. The van der Waals surface area contributed by atoms with E-state index in [-0.39, 0.29) is 5.91 Å². The Hall–Kier alpha value is -1.35. The highest BCUT2D eigenvalue weighted by molar-refractivity contribution is 5.94. The molecule has 0 fully saturated rings. The summed E-state index contributed by atoms with van der Waals surface area (Å²) < 4.78 is 0. The summed E-state index contributed by atoms with van der Waals surface area (Å²) in [7, 11) is 1.81. The van der Waals surface area contributed by atoms with Gasteiger partial charge in [0, 0.05) is 12.7 Å². The molecule has 0 bridgehead atoms. The second-order valence-electron chi connectivity index (χ2n) is 4.65. The molecule has 0 spiro atoms. The number of carbonyl (C=O) groups excluding carboxylic acids is 1. The summed E-state index contributed by atoms with van der Waals surface area (Å²) in [5.74, 6) is 0.768. The topological polar surface area (TPSA) is 32.3 Å². The number of amides is 1. The molecule has 0 aliphatic rings. The highest BCUT2D eigenvalue weighted by Gasteiger charge is 2.09. The molecule has 94 valence electrons. The lowest BCUT2D eigenvalue weighted by atomic mass is 10.1. The maximum Gasteiger partial charge on any atom is 0.240 e. The van der Waals surface area contributed by atoms with Crippen LogP contribution in [0.25, 0.3) is 0 Å². The first-order valence-corrected chi connectivity index (χ1v) is 6.13. The quantitative estimate of drug-likeness (QED) is 0.766. The SMILES string of the molecule is CC(C)CCNCC(=O)N(C)c1ccccc1. The van der Waals surface area contributed by atoms with Gasteiger partial charge < -0.3 is 10.2 Å². The molecule has 1 rings (SSSR count). The molecule has 1 N–H and O–H groups in total. The molecular weight excluding hydrogens is 212 g/mol. The monoisotopic (exact) mass is 234 g/mol. The minimum atomic E-state index is 0.0972. The number of para-hydroxylation sites is 1. The highest BCUT2D eigenvalue weighted by Crippen LogP contribution is 2.10. The van der Waals surface area contributed by atoms with Crippen LogP contribution >= 0.6 is 0 Å². The summed E-state index contributed by atoms with van der Waals surface area (Å²) in [4.78, 5) is 13.5. The molecule has 0 aliphatic heterocycles. The molecule has 0 aromatic heterocycles. The van der Waals surface area contributed by atoms with Crippen LogP contribution in [-0.2, 0) is 4.79 Å². The third-order valence-corrected chi connectivity index (χ3v) is 2.69. The van der Waals surface area contributed by atoms with E-state index < -0.39 is 0 Å². The van der Waals surface area contributed by atoms with Gasteiger partial charge in [0.1, 0.15) is 0 Å². The lowest BCUT2D eigenvalue weighted by molar-refractivity contribution is -0.117. The molecule has 0 radical (unpaired) electrons. The summed E-state index contributed by atoms with van der Waals surface area (Å²) in [6.45, 7) is 5.66.